The summed E-state index contributed by atoms with van der Waals surface area (Å²) in [5, 5.41) is 9.66. The first-order chi connectivity index (χ1) is 9.00. The van der Waals surface area contributed by atoms with Crippen LogP contribution in [-0.4, -0.2) is 40.8 Å². The van der Waals surface area contributed by atoms with Gasteiger partial charge in [-0.2, -0.15) is 5.06 Å². The predicted molar refractivity (Wildman–Crippen MR) is 73.2 cm³/mol. The topological polar surface area (TPSA) is 69.8 Å². The van der Waals surface area contributed by atoms with Gasteiger partial charge in [-0.25, -0.2) is 4.79 Å². The van der Waals surface area contributed by atoms with Crippen molar-refractivity contribution >= 4 is 6.03 Å². The van der Waals surface area contributed by atoms with Gasteiger partial charge in [-0.1, -0.05) is 42.2 Å². The molecule has 19 heavy (non-hydrogen) atoms. The lowest BCUT2D eigenvalue weighted by atomic mass is 10.2. The molecule has 0 saturated carbocycles. The zero-order valence-corrected chi connectivity index (χ0v) is 11.2. The first kappa shape index (κ1) is 15.0. The van der Waals surface area contributed by atoms with Crippen LogP contribution in [0.4, 0.5) is 4.79 Å². The van der Waals surface area contributed by atoms with Crippen molar-refractivity contribution in [3.63, 3.8) is 0 Å². The van der Waals surface area contributed by atoms with E-state index >= 15 is 0 Å². The van der Waals surface area contributed by atoms with Crippen molar-refractivity contribution in [1.82, 2.24) is 9.96 Å². The average molecular weight is 261 g/mol. The highest BCUT2D eigenvalue weighted by molar-refractivity contribution is 5.71. The Morgan fingerprint density at radius 1 is 1.42 bits per heavy atom. The number of amides is 2. The number of hydrogen-bond acceptors (Lipinski definition) is 3. The summed E-state index contributed by atoms with van der Waals surface area (Å²) in [6.45, 7) is 2.95. The molecule has 1 aromatic rings. The van der Waals surface area contributed by atoms with Crippen molar-refractivity contribution in [3.8, 4) is 11.8 Å². The van der Waals surface area contributed by atoms with Crippen molar-refractivity contribution in [3.05, 3.63) is 35.9 Å². The molecule has 0 aliphatic heterocycles. The second-order valence-electron chi connectivity index (χ2n) is 4.34. The third-order valence-electron chi connectivity index (χ3n) is 2.55. The molecule has 0 aliphatic carbocycles. The minimum atomic E-state index is -0.903. The molecule has 0 aliphatic rings. The molecule has 1 aromatic carbocycles. The van der Waals surface area contributed by atoms with Gasteiger partial charge in [0.25, 0.3) is 0 Å². The van der Waals surface area contributed by atoms with Gasteiger partial charge in [0.15, 0.2) is 0 Å². The smallest absolute Gasteiger partial charge is 0.339 e. The zero-order chi connectivity index (χ0) is 14.3. The van der Waals surface area contributed by atoms with Gasteiger partial charge in [0, 0.05) is 6.54 Å². The van der Waals surface area contributed by atoms with Crippen molar-refractivity contribution in [2.75, 3.05) is 13.6 Å². The molecule has 0 heterocycles. The first-order valence-electron chi connectivity index (χ1n) is 5.99. The van der Waals surface area contributed by atoms with Crippen molar-refractivity contribution < 1.29 is 10.0 Å². The molecule has 1 rings (SSSR count). The summed E-state index contributed by atoms with van der Waals surface area (Å²) in [5.41, 5.74) is 6.14. The van der Waals surface area contributed by atoms with Crippen molar-refractivity contribution in [2.45, 2.75) is 19.5 Å². The highest BCUT2D eigenvalue weighted by atomic mass is 16.5. The summed E-state index contributed by atoms with van der Waals surface area (Å²) in [7, 11) is 1.96. The summed E-state index contributed by atoms with van der Waals surface area (Å²) >= 11 is 0. The van der Waals surface area contributed by atoms with Gasteiger partial charge < -0.3 is 5.73 Å². The molecule has 0 aromatic heterocycles. The third kappa shape index (κ3) is 5.42. The Balaban J connectivity index is 2.42. The van der Waals surface area contributed by atoms with E-state index in [4.69, 9.17) is 5.73 Å². The van der Waals surface area contributed by atoms with Crippen LogP contribution in [0.15, 0.2) is 30.3 Å². The molecule has 1 unspecified atom stereocenters. The molecule has 1 atom stereocenters. The van der Waals surface area contributed by atoms with E-state index in [0.29, 0.717) is 11.6 Å². The van der Waals surface area contributed by atoms with Gasteiger partial charge in [-0.3, -0.25) is 10.1 Å². The number of urea groups is 1. The summed E-state index contributed by atoms with van der Waals surface area (Å²) < 4.78 is 0. The van der Waals surface area contributed by atoms with Gasteiger partial charge in [-0.15, -0.1) is 0 Å². The molecule has 5 heteroatoms. The van der Waals surface area contributed by atoms with E-state index < -0.39 is 12.1 Å². The second kappa shape index (κ2) is 7.41. The fraction of sp³-hybridized carbons (Fsp3) is 0.357. The molecule has 0 radical (unpaired) electrons. The SMILES string of the molecule is CC(C#CCN(C)Cc1ccccc1)N(O)C(N)=O. The summed E-state index contributed by atoms with van der Waals surface area (Å²) in [4.78, 5) is 12.7. The molecule has 2 amide bonds. The second-order valence-corrected chi connectivity index (χ2v) is 4.34. The summed E-state index contributed by atoms with van der Waals surface area (Å²) in [6.07, 6.45) is 0. The Morgan fingerprint density at radius 3 is 2.63 bits per heavy atom. The van der Waals surface area contributed by atoms with E-state index in [-0.39, 0.29) is 0 Å². The number of primary amides is 1. The number of nitrogens with zero attached hydrogens (tertiary/aromatic N) is 2. The Hall–Kier alpha value is -2.03. The van der Waals surface area contributed by atoms with Gasteiger partial charge in [0.05, 0.1) is 6.54 Å². The van der Waals surface area contributed by atoms with Gasteiger partial charge in [0.1, 0.15) is 6.04 Å². The van der Waals surface area contributed by atoms with Crippen LogP contribution in [0.25, 0.3) is 0 Å². The van der Waals surface area contributed by atoms with Crippen molar-refractivity contribution in [1.29, 1.82) is 0 Å². The molecule has 0 spiro atoms. The van der Waals surface area contributed by atoms with Crippen LogP contribution in [0.1, 0.15) is 12.5 Å². The van der Waals surface area contributed by atoms with Gasteiger partial charge in [0.2, 0.25) is 0 Å². The minimum absolute atomic E-state index is 0.421. The molecule has 0 fully saturated rings. The number of nitrogens with two attached hydrogens (primary N) is 1. The standard InChI is InChI=1S/C14H19N3O2/c1-12(17(19)14(15)18)7-6-10-16(2)11-13-8-4-3-5-9-13/h3-5,8-9,12,19H,10-11H2,1-2H3,(H2,15,18). The normalized spacial score (nSPS) is 11.6. The van der Waals surface area contributed by atoms with E-state index in [9.17, 15) is 10.0 Å². The van der Waals surface area contributed by atoms with E-state index in [1.165, 1.54) is 5.56 Å². The van der Waals surface area contributed by atoms with Gasteiger partial charge >= 0.3 is 6.03 Å². The average Bonchev–Trinajstić information content (AvgIpc) is 2.38. The molecule has 0 bridgehead atoms. The Labute approximate surface area is 113 Å². The van der Waals surface area contributed by atoms with E-state index in [1.807, 2.05) is 30.1 Å². The van der Waals surface area contributed by atoms with Crippen LogP contribution in [0.2, 0.25) is 0 Å². The van der Waals surface area contributed by atoms with Crippen LogP contribution >= 0.6 is 0 Å². The summed E-state index contributed by atoms with van der Waals surface area (Å²) in [5.74, 6) is 5.67. The quantitative estimate of drug-likeness (QED) is 0.487. The number of carbonyl (C=O) groups is 1. The van der Waals surface area contributed by atoms with E-state index in [1.54, 1.807) is 6.92 Å². The lowest BCUT2D eigenvalue weighted by Gasteiger charge is -2.15. The highest BCUT2D eigenvalue weighted by Gasteiger charge is 2.11. The van der Waals surface area contributed by atoms with Crippen LogP contribution in [0.3, 0.4) is 0 Å². The lowest BCUT2D eigenvalue weighted by Crippen LogP contribution is -2.38. The Bertz CT molecular complexity index is 465. The Kier molecular flexibility index (Phi) is 5.86. The molecule has 3 N–H and O–H groups in total. The maximum atomic E-state index is 10.7. The zero-order valence-electron chi connectivity index (χ0n) is 11.2. The molecular weight excluding hydrogens is 242 g/mol. The van der Waals surface area contributed by atoms with E-state index in [0.717, 1.165) is 6.54 Å². The van der Waals surface area contributed by atoms with Crippen LogP contribution in [-0.2, 0) is 6.54 Å². The molecular formula is C14H19N3O2. The fourth-order valence-electron chi connectivity index (χ4n) is 1.53. The number of hydrogen-bond donors (Lipinski definition) is 2. The van der Waals surface area contributed by atoms with E-state index in [2.05, 4.69) is 24.0 Å². The largest absolute Gasteiger partial charge is 0.350 e. The van der Waals surface area contributed by atoms with Crippen LogP contribution in [0.5, 0.6) is 0 Å². The Morgan fingerprint density at radius 2 is 2.05 bits per heavy atom. The molecule has 0 saturated heterocycles. The number of rotatable bonds is 4. The third-order valence-corrected chi connectivity index (χ3v) is 2.55. The minimum Gasteiger partial charge on any atom is -0.350 e. The molecule has 102 valence electrons. The van der Waals surface area contributed by atoms with Crippen LogP contribution < -0.4 is 5.73 Å². The van der Waals surface area contributed by atoms with Crippen LogP contribution in [0, 0.1) is 11.8 Å². The maximum Gasteiger partial charge on any atom is 0.339 e. The first-order valence-corrected chi connectivity index (χ1v) is 5.99. The summed E-state index contributed by atoms with van der Waals surface area (Å²) in [6, 6.07) is 8.55. The lowest BCUT2D eigenvalue weighted by molar-refractivity contribution is -0.0536. The van der Waals surface area contributed by atoms with Gasteiger partial charge in [-0.05, 0) is 19.5 Å². The monoisotopic (exact) mass is 261 g/mol. The maximum absolute atomic E-state index is 10.7. The fourth-order valence-corrected chi connectivity index (χ4v) is 1.53. The number of hydroxylamine groups is 2. The number of carbonyl (C=O) groups excluding carboxylic acids is 1. The van der Waals surface area contributed by atoms with Crippen molar-refractivity contribution in [2.24, 2.45) is 5.73 Å². The predicted octanol–water partition coefficient (Wildman–Crippen LogP) is 1.28. The highest BCUT2D eigenvalue weighted by Crippen LogP contribution is 2.01. The number of benzene rings is 1. The molecule has 5 nitrogen and oxygen atoms in total.